The lowest BCUT2D eigenvalue weighted by Crippen LogP contribution is -2.34. The summed E-state index contributed by atoms with van der Waals surface area (Å²) in [5.41, 5.74) is 1.77. The molecule has 0 bridgehead atoms. The average Bonchev–Trinajstić information content (AvgIpc) is 2.50. The second-order valence-electron chi connectivity index (χ2n) is 6.00. The number of benzene rings is 1. The molecule has 0 aliphatic heterocycles. The fourth-order valence-corrected chi connectivity index (χ4v) is 2.01. The highest BCUT2D eigenvalue weighted by molar-refractivity contribution is 5.88. The van der Waals surface area contributed by atoms with E-state index in [1.807, 2.05) is 58.0 Å². The topological polar surface area (TPSA) is 75.3 Å². The number of hydrogen-bond acceptors (Lipinski definition) is 4. The van der Waals surface area contributed by atoms with Gasteiger partial charge in [-0.1, -0.05) is 0 Å². The normalized spacial score (nSPS) is 10.6. The molecule has 0 saturated heterocycles. The van der Waals surface area contributed by atoms with Crippen LogP contribution in [0.2, 0.25) is 0 Å². The molecule has 6 nitrogen and oxygen atoms in total. The van der Waals surface area contributed by atoms with Crippen LogP contribution >= 0.6 is 0 Å². The summed E-state index contributed by atoms with van der Waals surface area (Å²) in [6.07, 6.45) is 1.82. The summed E-state index contributed by atoms with van der Waals surface area (Å²) in [4.78, 5) is 15.8. The number of carbonyl (C=O) groups is 1. The first-order chi connectivity index (χ1) is 11.4. The minimum absolute atomic E-state index is 0.0774. The van der Waals surface area contributed by atoms with E-state index in [9.17, 15) is 4.79 Å². The molecule has 0 unspecified atom stereocenters. The van der Waals surface area contributed by atoms with Crippen molar-refractivity contribution in [1.29, 1.82) is 0 Å². The first kappa shape index (κ1) is 17.6. The van der Waals surface area contributed by atoms with E-state index >= 15 is 0 Å². The number of urea groups is 1. The van der Waals surface area contributed by atoms with E-state index in [4.69, 9.17) is 4.74 Å². The largest absolute Gasteiger partial charge is 0.491 e. The Labute approximate surface area is 142 Å². The fraction of sp³-hybridized carbons (Fsp3) is 0.333. The highest BCUT2D eigenvalue weighted by Crippen LogP contribution is 2.21. The predicted molar refractivity (Wildman–Crippen MR) is 97.0 cm³/mol. The number of anilines is 3. The highest BCUT2D eigenvalue weighted by Gasteiger charge is 2.04. The standard InChI is InChI=1S/C18H24N4O2/c1-12(2)20-18(23)22-17-10-7-15(11-19-17)21-14-5-8-16(9-6-14)24-13(3)4/h5-13,21H,1-4H3,(H2,19,20,22,23). The van der Waals surface area contributed by atoms with E-state index in [1.165, 1.54) is 0 Å². The zero-order valence-electron chi connectivity index (χ0n) is 14.5. The maximum Gasteiger partial charge on any atom is 0.320 e. The molecule has 0 radical (unpaired) electrons. The van der Waals surface area contributed by atoms with Gasteiger partial charge in [-0.3, -0.25) is 5.32 Å². The molecular weight excluding hydrogens is 304 g/mol. The van der Waals surface area contributed by atoms with Gasteiger partial charge in [0.2, 0.25) is 0 Å². The van der Waals surface area contributed by atoms with Crippen LogP contribution in [0.3, 0.4) is 0 Å². The van der Waals surface area contributed by atoms with Crippen LogP contribution in [-0.2, 0) is 0 Å². The third kappa shape index (κ3) is 5.79. The zero-order valence-corrected chi connectivity index (χ0v) is 14.5. The first-order valence-corrected chi connectivity index (χ1v) is 7.99. The molecule has 0 saturated carbocycles. The predicted octanol–water partition coefficient (Wildman–Crippen LogP) is 4.14. The van der Waals surface area contributed by atoms with Gasteiger partial charge in [0.05, 0.1) is 18.0 Å². The number of nitrogens with zero attached hydrogens (tertiary/aromatic N) is 1. The van der Waals surface area contributed by atoms with Crippen molar-refractivity contribution < 1.29 is 9.53 Å². The quantitative estimate of drug-likeness (QED) is 0.745. The van der Waals surface area contributed by atoms with E-state index in [-0.39, 0.29) is 18.2 Å². The molecule has 1 heterocycles. The number of amides is 2. The van der Waals surface area contributed by atoms with Crippen molar-refractivity contribution in [2.75, 3.05) is 10.6 Å². The van der Waals surface area contributed by atoms with Gasteiger partial charge < -0.3 is 15.4 Å². The Balaban J connectivity index is 1.92. The number of hydrogen-bond donors (Lipinski definition) is 3. The lowest BCUT2D eigenvalue weighted by Gasteiger charge is -2.12. The Kier molecular flexibility index (Phi) is 6.01. The highest BCUT2D eigenvalue weighted by atomic mass is 16.5. The van der Waals surface area contributed by atoms with Gasteiger partial charge in [-0.2, -0.15) is 0 Å². The van der Waals surface area contributed by atoms with Crippen molar-refractivity contribution in [1.82, 2.24) is 10.3 Å². The number of ether oxygens (including phenoxy) is 1. The zero-order chi connectivity index (χ0) is 17.5. The van der Waals surface area contributed by atoms with Crippen molar-refractivity contribution in [2.45, 2.75) is 39.8 Å². The second-order valence-corrected chi connectivity index (χ2v) is 6.00. The Morgan fingerprint density at radius 3 is 2.21 bits per heavy atom. The minimum Gasteiger partial charge on any atom is -0.491 e. The Morgan fingerprint density at radius 2 is 1.67 bits per heavy atom. The summed E-state index contributed by atoms with van der Waals surface area (Å²) in [5, 5.41) is 8.68. The van der Waals surface area contributed by atoms with E-state index in [0.29, 0.717) is 5.82 Å². The van der Waals surface area contributed by atoms with Crippen LogP contribution in [0.25, 0.3) is 0 Å². The molecule has 24 heavy (non-hydrogen) atoms. The molecule has 2 aromatic rings. The lowest BCUT2D eigenvalue weighted by atomic mass is 10.3. The van der Waals surface area contributed by atoms with Gasteiger partial charge in [0, 0.05) is 11.7 Å². The summed E-state index contributed by atoms with van der Waals surface area (Å²) in [6.45, 7) is 7.79. The van der Waals surface area contributed by atoms with Crippen molar-refractivity contribution >= 4 is 23.2 Å². The molecule has 0 aliphatic carbocycles. The van der Waals surface area contributed by atoms with Crippen LogP contribution in [0.4, 0.5) is 22.0 Å². The van der Waals surface area contributed by atoms with Crippen LogP contribution in [-0.4, -0.2) is 23.2 Å². The van der Waals surface area contributed by atoms with E-state index < -0.39 is 0 Å². The Bertz CT molecular complexity index is 652. The Morgan fingerprint density at radius 1 is 1.00 bits per heavy atom. The minimum atomic E-state index is -0.265. The molecule has 1 aromatic carbocycles. The third-order valence-corrected chi connectivity index (χ3v) is 2.94. The molecule has 0 atom stereocenters. The van der Waals surface area contributed by atoms with Gasteiger partial charge in [0.1, 0.15) is 11.6 Å². The first-order valence-electron chi connectivity index (χ1n) is 7.99. The van der Waals surface area contributed by atoms with E-state index in [2.05, 4.69) is 20.9 Å². The number of rotatable bonds is 6. The molecule has 0 spiro atoms. The van der Waals surface area contributed by atoms with E-state index in [1.54, 1.807) is 12.3 Å². The molecule has 0 fully saturated rings. The van der Waals surface area contributed by atoms with Crippen LogP contribution in [0.15, 0.2) is 42.6 Å². The van der Waals surface area contributed by atoms with Crippen LogP contribution in [0, 0.1) is 0 Å². The summed E-state index contributed by atoms with van der Waals surface area (Å²) in [6, 6.07) is 11.1. The van der Waals surface area contributed by atoms with E-state index in [0.717, 1.165) is 17.1 Å². The summed E-state index contributed by atoms with van der Waals surface area (Å²) < 4.78 is 5.61. The summed E-state index contributed by atoms with van der Waals surface area (Å²) in [7, 11) is 0. The maximum atomic E-state index is 11.6. The van der Waals surface area contributed by atoms with Crippen LogP contribution in [0.1, 0.15) is 27.7 Å². The third-order valence-electron chi connectivity index (χ3n) is 2.94. The number of pyridine rings is 1. The Hall–Kier alpha value is -2.76. The van der Waals surface area contributed by atoms with Crippen molar-refractivity contribution in [3.05, 3.63) is 42.6 Å². The van der Waals surface area contributed by atoms with Gasteiger partial charge >= 0.3 is 6.03 Å². The van der Waals surface area contributed by atoms with Gasteiger partial charge in [0.15, 0.2) is 0 Å². The SMILES string of the molecule is CC(C)NC(=O)Nc1ccc(Nc2ccc(OC(C)C)cc2)cn1. The van der Waals surface area contributed by atoms with Crippen molar-refractivity contribution in [3.8, 4) is 5.75 Å². The number of nitrogens with one attached hydrogen (secondary N) is 3. The molecule has 0 aliphatic rings. The molecule has 128 valence electrons. The van der Waals surface area contributed by atoms with Crippen LogP contribution < -0.4 is 20.7 Å². The number of aromatic nitrogens is 1. The maximum absolute atomic E-state index is 11.6. The smallest absolute Gasteiger partial charge is 0.320 e. The second kappa shape index (κ2) is 8.19. The molecule has 2 rings (SSSR count). The monoisotopic (exact) mass is 328 g/mol. The van der Waals surface area contributed by atoms with Gasteiger partial charge in [-0.15, -0.1) is 0 Å². The number of carbonyl (C=O) groups excluding carboxylic acids is 1. The molecule has 3 N–H and O–H groups in total. The van der Waals surface area contributed by atoms with Gasteiger partial charge in [-0.05, 0) is 64.1 Å². The van der Waals surface area contributed by atoms with Gasteiger partial charge in [0.25, 0.3) is 0 Å². The van der Waals surface area contributed by atoms with Gasteiger partial charge in [-0.25, -0.2) is 9.78 Å². The molecule has 2 amide bonds. The van der Waals surface area contributed by atoms with Crippen molar-refractivity contribution in [2.24, 2.45) is 0 Å². The fourth-order valence-electron chi connectivity index (χ4n) is 2.01. The summed E-state index contributed by atoms with van der Waals surface area (Å²) >= 11 is 0. The molecular formula is C18H24N4O2. The van der Waals surface area contributed by atoms with Crippen LogP contribution in [0.5, 0.6) is 5.75 Å². The molecule has 6 heteroatoms. The molecule has 1 aromatic heterocycles. The van der Waals surface area contributed by atoms with Crippen molar-refractivity contribution in [3.63, 3.8) is 0 Å². The average molecular weight is 328 g/mol. The lowest BCUT2D eigenvalue weighted by molar-refractivity contribution is 0.242. The summed E-state index contributed by atoms with van der Waals surface area (Å²) in [5.74, 6) is 1.34.